The minimum absolute atomic E-state index is 0.0381. The summed E-state index contributed by atoms with van der Waals surface area (Å²) in [5, 5.41) is 0. The van der Waals surface area contributed by atoms with Crippen LogP contribution in [0.25, 0.3) is 6.08 Å². The summed E-state index contributed by atoms with van der Waals surface area (Å²) in [4.78, 5) is 14.1. The van der Waals surface area contributed by atoms with E-state index in [-0.39, 0.29) is 11.9 Å². The Bertz CT molecular complexity index is 496. The van der Waals surface area contributed by atoms with E-state index < -0.39 is 0 Å². The molecule has 2 unspecified atom stereocenters. The van der Waals surface area contributed by atoms with Crippen LogP contribution >= 0.6 is 0 Å². The zero-order valence-electron chi connectivity index (χ0n) is 12.8. The number of hydrogen-bond donors (Lipinski definition) is 1. The van der Waals surface area contributed by atoms with Crippen LogP contribution in [0.15, 0.2) is 30.3 Å². The molecular formula is C17H24N2O2. The van der Waals surface area contributed by atoms with Crippen LogP contribution in [-0.2, 0) is 4.79 Å². The van der Waals surface area contributed by atoms with Gasteiger partial charge in [0.15, 0.2) is 0 Å². The highest BCUT2D eigenvalue weighted by Gasteiger charge is 2.30. The minimum atomic E-state index is 0.0381. The van der Waals surface area contributed by atoms with E-state index in [0.29, 0.717) is 12.5 Å². The molecule has 2 atom stereocenters. The molecule has 0 radical (unpaired) electrons. The molecule has 2 rings (SSSR count). The second-order valence-corrected chi connectivity index (χ2v) is 5.55. The van der Waals surface area contributed by atoms with Crippen molar-refractivity contribution < 1.29 is 9.53 Å². The normalized spacial score (nSPS) is 21.7. The van der Waals surface area contributed by atoms with Gasteiger partial charge in [-0.3, -0.25) is 4.79 Å². The van der Waals surface area contributed by atoms with Gasteiger partial charge in [0.1, 0.15) is 5.75 Å². The molecule has 4 nitrogen and oxygen atoms in total. The lowest BCUT2D eigenvalue weighted by atomic mass is 10.0. The zero-order chi connectivity index (χ0) is 15.2. The second-order valence-electron chi connectivity index (χ2n) is 5.55. The van der Waals surface area contributed by atoms with E-state index in [1.54, 1.807) is 13.2 Å². The fraction of sp³-hybridized carbons (Fsp3) is 0.471. The van der Waals surface area contributed by atoms with Crippen molar-refractivity contribution in [1.29, 1.82) is 0 Å². The van der Waals surface area contributed by atoms with Crippen molar-refractivity contribution in [3.8, 4) is 5.75 Å². The summed E-state index contributed by atoms with van der Waals surface area (Å²) < 4.78 is 5.11. The summed E-state index contributed by atoms with van der Waals surface area (Å²) in [7, 11) is 3.51. The topological polar surface area (TPSA) is 55.6 Å². The Labute approximate surface area is 126 Å². The third kappa shape index (κ3) is 3.85. The van der Waals surface area contributed by atoms with Gasteiger partial charge in [-0.15, -0.1) is 0 Å². The first-order chi connectivity index (χ1) is 10.2. The molecule has 2 N–H and O–H groups in total. The van der Waals surface area contributed by atoms with Gasteiger partial charge in [-0.25, -0.2) is 0 Å². The Morgan fingerprint density at radius 3 is 2.71 bits per heavy atom. The summed E-state index contributed by atoms with van der Waals surface area (Å²) in [6, 6.07) is 7.91. The van der Waals surface area contributed by atoms with Crippen LogP contribution in [-0.4, -0.2) is 37.6 Å². The molecule has 21 heavy (non-hydrogen) atoms. The molecule has 0 bridgehead atoms. The highest BCUT2D eigenvalue weighted by atomic mass is 16.5. The number of benzene rings is 1. The van der Waals surface area contributed by atoms with E-state index in [0.717, 1.165) is 30.6 Å². The molecule has 0 saturated heterocycles. The first kappa shape index (κ1) is 15.6. The molecule has 0 aliphatic heterocycles. The van der Waals surface area contributed by atoms with Gasteiger partial charge in [0.2, 0.25) is 5.91 Å². The Hall–Kier alpha value is -1.81. The van der Waals surface area contributed by atoms with Crippen LogP contribution in [0, 0.1) is 5.92 Å². The number of hydrogen-bond acceptors (Lipinski definition) is 3. The quantitative estimate of drug-likeness (QED) is 0.846. The SMILES string of the molecule is COc1ccc(C=CC(=O)N(C)C2CCCC2CN)cc1. The van der Waals surface area contributed by atoms with Crippen molar-refractivity contribution >= 4 is 12.0 Å². The number of methoxy groups -OCH3 is 1. The van der Waals surface area contributed by atoms with Gasteiger partial charge in [-0.2, -0.15) is 0 Å². The fourth-order valence-corrected chi connectivity index (χ4v) is 2.97. The van der Waals surface area contributed by atoms with Gasteiger partial charge in [-0.05, 0) is 49.1 Å². The van der Waals surface area contributed by atoms with Gasteiger partial charge in [0.25, 0.3) is 0 Å². The zero-order valence-corrected chi connectivity index (χ0v) is 12.8. The maximum Gasteiger partial charge on any atom is 0.246 e. The van der Waals surface area contributed by atoms with Crippen molar-refractivity contribution in [3.05, 3.63) is 35.9 Å². The molecule has 0 heterocycles. The van der Waals surface area contributed by atoms with Crippen LogP contribution < -0.4 is 10.5 Å². The number of carbonyl (C=O) groups is 1. The standard InChI is InChI=1S/C17H24N2O2/c1-19(16-5-3-4-14(16)12-18)17(20)11-8-13-6-9-15(21-2)10-7-13/h6-11,14,16H,3-5,12,18H2,1-2H3. The van der Waals surface area contributed by atoms with Gasteiger partial charge in [0.05, 0.1) is 7.11 Å². The number of rotatable bonds is 5. The van der Waals surface area contributed by atoms with Crippen molar-refractivity contribution in [2.24, 2.45) is 11.7 Å². The lowest BCUT2D eigenvalue weighted by Gasteiger charge is -2.28. The van der Waals surface area contributed by atoms with Crippen LogP contribution in [0.5, 0.6) is 5.75 Å². The van der Waals surface area contributed by atoms with Gasteiger partial charge >= 0.3 is 0 Å². The number of likely N-dealkylation sites (N-methyl/N-ethyl adjacent to an activating group) is 1. The number of nitrogens with two attached hydrogens (primary N) is 1. The summed E-state index contributed by atoms with van der Waals surface area (Å²) in [5.41, 5.74) is 6.77. The molecule has 1 saturated carbocycles. The van der Waals surface area contributed by atoms with Crippen LogP contribution in [0.2, 0.25) is 0 Å². The van der Waals surface area contributed by atoms with E-state index >= 15 is 0 Å². The molecule has 0 aromatic heterocycles. The summed E-state index contributed by atoms with van der Waals surface area (Å²) >= 11 is 0. The van der Waals surface area contributed by atoms with E-state index in [1.165, 1.54) is 0 Å². The molecule has 1 aliphatic rings. The van der Waals surface area contributed by atoms with Crippen molar-refractivity contribution in [2.45, 2.75) is 25.3 Å². The van der Waals surface area contributed by atoms with Crippen molar-refractivity contribution in [2.75, 3.05) is 20.7 Å². The van der Waals surface area contributed by atoms with Crippen LogP contribution in [0.1, 0.15) is 24.8 Å². The predicted octanol–water partition coefficient (Wildman–Crippen LogP) is 2.29. The Balaban J connectivity index is 1.97. The summed E-state index contributed by atoms with van der Waals surface area (Å²) in [6.07, 6.45) is 6.81. The Morgan fingerprint density at radius 1 is 1.38 bits per heavy atom. The van der Waals surface area contributed by atoms with Gasteiger partial charge < -0.3 is 15.4 Å². The third-order valence-electron chi connectivity index (χ3n) is 4.30. The number of carbonyl (C=O) groups excluding carboxylic acids is 1. The molecule has 114 valence electrons. The molecule has 1 amide bonds. The molecule has 1 aromatic carbocycles. The molecule has 1 aliphatic carbocycles. The molecular weight excluding hydrogens is 264 g/mol. The number of amides is 1. The molecule has 1 aromatic rings. The first-order valence-electron chi connectivity index (χ1n) is 7.44. The predicted molar refractivity (Wildman–Crippen MR) is 85.0 cm³/mol. The van der Waals surface area contributed by atoms with Crippen molar-refractivity contribution in [3.63, 3.8) is 0 Å². The molecule has 4 heteroatoms. The maximum absolute atomic E-state index is 12.3. The Morgan fingerprint density at radius 2 is 2.10 bits per heavy atom. The van der Waals surface area contributed by atoms with E-state index in [9.17, 15) is 4.79 Å². The number of ether oxygens (including phenoxy) is 1. The molecule has 1 fully saturated rings. The van der Waals surface area contributed by atoms with Gasteiger partial charge in [-0.1, -0.05) is 18.6 Å². The van der Waals surface area contributed by atoms with E-state index in [4.69, 9.17) is 10.5 Å². The average Bonchev–Trinajstić information content (AvgIpc) is 3.00. The van der Waals surface area contributed by atoms with E-state index in [2.05, 4.69) is 0 Å². The lowest BCUT2D eigenvalue weighted by molar-refractivity contribution is -0.127. The average molecular weight is 288 g/mol. The minimum Gasteiger partial charge on any atom is -0.497 e. The van der Waals surface area contributed by atoms with E-state index in [1.807, 2.05) is 42.3 Å². The Kier molecular flexibility index (Phi) is 5.39. The number of nitrogens with zero attached hydrogens (tertiary/aromatic N) is 1. The maximum atomic E-state index is 12.3. The third-order valence-corrected chi connectivity index (χ3v) is 4.30. The highest BCUT2D eigenvalue weighted by molar-refractivity contribution is 5.91. The first-order valence-corrected chi connectivity index (χ1v) is 7.44. The van der Waals surface area contributed by atoms with Crippen LogP contribution in [0.4, 0.5) is 0 Å². The van der Waals surface area contributed by atoms with Crippen molar-refractivity contribution in [1.82, 2.24) is 4.90 Å². The summed E-state index contributed by atoms with van der Waals surface area (Å²) in [6.45, 7) is 0.657. The second kappa shape index (κ2) is 7.27. The largest absolute Gasteiger partial charge is 0.497 e. The fourth-order valence-electron chi connectivity index (χ4n) is 2.97. The summed E-state index contributed by atoms with van der Waals surface area (Å²) in [5.74, 6) is 1.29. The lowest BCUT2D eigenvalue weighted by Crippen LogP contribution is -2.40. The van der Waals surface area contributed by atoms with Gasteiger partial charge in [0, 0.05) is 19.2 Å². The smallest absolute Gasteiger partial charge is 0.246 e. The van der Waals surface area contributed by atoms with Crippen LogP contribution in [0.3, 0.4) is 0 Å². The monoisotopic (exact) mass is 288 g/mol. The molecule has 0 spiro atoms. The highest BCUT2D eigenvalue weighted by Crippen LogP contribution is 2.28.